The van der Waals surface area contributed by atoms with Crippen LogP contribution < -0.4 is 5.32 Å². The summed E-state index contributed by atoms with van der Waals surface area (Å²) in [5.74, 6) is -0.258. The molecule has 3 rings (SSSR count). The lowest BCUT2D eigenvalue weighted by molar-refractivity contribution is 0.0949. The minimum absolute atomic E-state index is 0.0403. The van der Waals surface area contributed by atoms with Crippen LogP contribution in [0.3, 0.4) is 0 Å². The van der Waals surface area contributed by atoms with Crippen molar-refractivity contribution in [2.45, 2.75) is 24.2 Å². The van der Waals surface area contributed by atoms with Crippen LogP contribution in [-0.2, 0) is 9.84 Å². The fraction of sp³-hybridized carbons (Fsp3) is 0.208. The largest absolute Gasteiger partial charge is 0.352 e. The summed E-state index contributed by atoms with van der Waals surface area (Å²) in [5, 5.41) is 2.90. The second kappa shape index (κ2) is 9.52. The molecule has 1 amide bonds. The van der Waals surface area contributed by atoms with Gasteiger partial charge in [0.2, 0.25) is 0 Å². The van der Waals surface area contributed by atoms with Crippen LogP contribution in [0.25, 0.3) is 0 Å². The van der Waals surface area contributed by atoms with Crippen LogP contribution in [-0.4, -0.2) is 26.6 Å². The highest BCUT2D eigenvalue weighted by molar-refractivity contribution is 7.91. The first kappa shape index (κ1) is 20.8. The van der Waals surface area contributed by atoms with E-state index in [1.807, 2.05) is 36.4 Å². The molecule has 4 nitrogen and oxygen atoms in total. The number of benzene rings is 3. The number of hydrogen-bond acceptors (Lipinski definition) is 3. The smallest absolute Gasteiger partial charge is 0.252 e. The van der Waals surface area contributed by atoms with Gasteiger partial charge >= 0.3 is 0 Å². The number of carbonyl (C=O) groups excluding carboxylic acids is 1. The van der Waals surface area contributed by atoms with Crippen LogP contribution in [0.15, 0.2) is 89.8 Å². The summed E-state index contributed by atoms with van der Waals surface area (Å²) in [6.07, 6.45) is 0.711. The lowest BCUT2D eigenvalue weighted by Crippen LogP contribution is -2.27. The highest BCUT2D eigenvalue weighted by Crippen LogP contribution is 2.27. The third-order valence-corrected chi connectivity index (χ3v) is 6.76. The molecule has 150 valence electrons. The number of nitrogens with one attached hydrogen (secondary N) is 1. The highest BCUT2D eigenvalue weighted by Gasteiger charge is 2.21. The Labute approximate surface area is 172 Å². The zero-order chi connectivity index (χ0) is 20.7. The summed E-state index contributed by atoms with van der Waals surface area (Å²) in [6, 6.07) is 26.7. The van der Waals surface area contributed by atoms with Gasteiger partial charge in [0, 0.05) is 12.5 Å². The van der Waals surface area contributed by atoms with Gasteiger partial charge in [-0.05, 0) is 29.7 Å². The van der Waals surface area contributed by atoms with Gasteiger partial charge in [0.05, 0.1) is 16.2 Å². The maximum atomic E-state index is 12.7. The van der Waals surface area contributed by atoms with Crippen LogP contribution in [0.4, 0.5) is 0 Å². The van der Waals surface area contributed by atoms with Gasteiger partial charge in [0.15, 0.2) is 9.84 Å². The van der Waals surface area contributed by atoms with E-state index in [-0.39, 0.29) is 28.0 Å². The molecule has 1 N–H and O–H groups in total. The lowest BCUT2D eigenvalue weighted by Gasteiger charge is -2.19. The molecule has 3 aromatic carbocycles. The molecule has 0 saturated heterocycles. The minimum atomic E-state index is -3.46. The Morgan fingerprint density at radius 3 is 1.90 bits per heavy atom. The van der Waals surface area contributed by atoms with Crippen molar-refractivity contribution >= 4 is 15.7 Å². The zero-order valence-corrected chi connectivity index (χ0v) is 17.2. The molecule has 0 bridgehead atoms. The first-order chi connectivity index (χ1) is 14.0. The molecular weight excluding hydrogens is 382 g/mol. The number of hydrogen-bond donors (Lipinski definition) is 1. The third kappa shape index (κ3) is 5.12. The van der Waals surface area contributed by atoms with Crippen molar-refractivity contribution < 1.29 is 13.2 Å². The number of carbonyl (C=O) groups is 1. The Hall–Kier alpha value is -2.92. The fourth-order valence-electron chi connectivity index (χ4n) is 3.40. The molecule has 0 aromatic heterocycles. The third-order valence-electron chi connectivity index (χ3n) is 4.97. The maximum Gasteiger partial charge on any atom is 0.252 e. The highest BCUT2D eigenvalue weighted by atomic mass is 32.2. The summed E-state index contributed by atoms with van der Waals surface area (Å²) >= 11 is 0. The van der Waals surface area contributed by atoms with E-state index >= 15 is 0 Å². The van der Waals surface area contributed by atoms with E-state index in [0.717, 1.165) is 0 Å². The van der Waals surface area contributed by atoms with Crippen LogP contribution >= 0.6 is 0 Å². The molecule has 0 atom stereocenters. The lowest BCUT2D eigenvalue weighted by atomic mass is 9.88. The quantitative estimate of drug-likeness (QED) is 0.601. The van der Waals surface area contributed by atoms with Crippen LogP contribution in [0.2, 0.25) is 0 Å². The Morgan fingerprint density at radius 2 is 1.34 bits per heavy atom. The zero-order valence-electron chi connectivity index (χ0n) is 16.4. The van der Waals surface area contributed by atoms with Gasteiger partial charge < -0.3 is 5.32 Å². The Bertz CT molecular complexity index is 1010. The molecule has 5 heteroatoms. The van der Waals surface area contributed by atoms with E-state index < -0.39 is 9.84 Å². The molecule has 0 spiro atoms. The molecule has 29 heavy (non-hydrogen) atoms. The number of rotatable bonds is 8. The molecule has 0 unspecified atom stereocenters. The average Bonchev–Trinajstić information content (AvgIpc) is 2.77. The van der Waals surface area contributed by atoms with Crippen molar-refractivity contribution in [1.82, 2.24) is 5.32 Å². The first-order valence-electron chi connectivity index (χ1n) is 9.73. The van der Waals surface area contributed by atoms with E-state index in [1.54, 1.807) is 25.1 Å². The van der Waals surface area contributed by atoms with Crippen molar-refractivity contribution in [3.63, 3.8) is 0 Å². The topological polar surface area (TPSA) is 63.2 Å². The summed E-state index contributed by atoms with van der Waals surface area (Å²) in [6.45, 7) is 2.02. The van der Waals surface area contributed by atoms with Crippen molar-refractivity contribution in [2.24, 2.45) is 0 Å². The van der Waals surface area contributed by atoms with Crippen LogP contribution in [0.5, 0.6) is 0 Å². The molecule has 0 aliphatic heterocycles. The van der Waals surface area contributed by atoms with Gasteiger partial charge in [0.25, 0.3) is 5.91 Å². The Balaban J connectivity index is 1.75. The Kier molecular flexibility index (Phi) is 6.83. The molecule has 0 heterocycles. The second-order valence-corrected chi connectivity index (χ2v) is 9.06. The summed E-state index contributed by atoms with van der Waals surface area (Å²) in [5.41, 5.74) is 2.56. The van der Waals surface area contributed by atoms with E-state index in [4.69, 9.17) is 0 Å². The monoisotopic (exact) mass is 407 g/mol. The van der Waals surface area contributed by atoms with Crippen molar-refractivity contribution in [1.29, 1.82) is 0 Å². The molecule has 0 saturated carbocycles. The van der Waals surface area contributed by atoms with Gasteiger partial charge in [-0.2, -0.15) is 0 Å². The molecule has 0 aliphatic carbocycles. The number of sulfone groups is 1. The molecule has 0 fully saturated rings. The van der Waals surface area contributed by atoms with E-state index in [1.165, 1.54) is 17.2 Å². The van der Waals surface area contributed by atoms with Crippen LogP contribution in [0, 0.1) is 0 Å². The van der Waals surface area contributed by atoms with E-state index in [0.29, 0.717) is 13.0 Å². The first-order valence-corrected chi connectivity index (χ1v) is 11.4. The second-order valence-electron chi connectivity index (χ2n) is 6.82. The van der Waals surface area contributed by atoms with Gasteiger partial charge in [-0.3, -0.25) is 4.79 Å². The SMILES string of the molecule is CCS(=O)(=O)c1ccccc1C(=O)NCCC(c1ccccc1)c1ccccc1. The van der Waals surface area contributed by atoms with Gasteiger partial charge in [-0.15, -0.1) is 0 Å². The minimum Gasteiger partial charge on any atom is -0.352 e. The number of amides is 1. The maximum absolute atomic E-state index is 12.7. The molecule has 3 aromatic rings. The normalized spacial score (nSPS) is 11.4. The van der Waals surface area contributed by atoms with Gasteiger partial charge in [-0.25, -0.2) is 8.42 Å². The van der Waals surface area contributed by atoms with Crippen molar-refractivity contribution in [3.8, 4) is 0 Å². The Morgan fingerprint density at radius 1 is 0.828 bits per heavy atom. The predicted octanol–water partition coefficient (Wildman–Crippen LogP) is 4.43. The summed E-state index contributed by atoms with van der Waals surface area (Å²) in [7, 11) is -3.46. The molecule has 0 radical (unpaired) electrons. The molecule has 0 aliphatic rings. The fourth-order valence-corrected chi connectivity index (χ4v) is 4.50. The van der Waals surface area contributed by atoms with Crippen molar-refractivity contribution in [2.75, 3.05) is 12.3 Å². The van der Waals surface area contributed by atoms with Crippen LogP contribution in [0.1, 0.15) is 40.7 Å². The van der Waals surface area contributed by atoms with E-state index in [2.05, 4.69) is 29.6 Å². The standard InChI is InChI=1S/C24H25NO3S/c1-2-29(27,28)23-16-10-9-15-22(23)24(26)25-18-17-21(19-11-5-3-6-12-19)20-13-7-4-8-14-20/h3-16,21H,2,17-18H2,1H3,(H,25,26). The summed E-state index contributed by atoms with van der Waals surface area (Å²) < 4.78 is 24.6. The average molecular weight is 408 g/mol. The van der Waals surface area contributed by atoms with Gasteiger partial charge in [-0.1, -0.05) is 79.7 Å². The predicted molar refractivity (Wildman–Crippen MR) is 116 cm³/mol. The summed E-state index contributed by atoms with van der Waals surface area (Å²) in [4.78, 5) is 12.8. The van der Waals surface area contributed by atoms with E-state index in [9.17, 15) is 13.2 Å². The molecular formula is C24H25NO3S. The van der Waals surface area contributed by atoms with Crippen molar-refractivity contribution in [3.05, 3.63) is 102 Å². The van der Waals surface area contributed by atoms with Gasteiger partial charge in [0.1, 0.15) is 0 Å².